The first-order valence-corrected chi connectivity index (χ1v) is 12.4. The molecule has 0 spiro atoms. The third-order valence-corrected chi connectivity index (χ3v) is 5.86. The molecule has 2 aromatic carbocycles. The van der Waals surface area contributed by atoms with Crippen LogP contribution in [0, 0.1) is 5.82 Å². The molecule has 2 unspecified atom stereocenters. The summed E-state index contributed by atoms with van der Waals surface area (Å²) < 4.78 is 13.0. The number of aliphatic carboxylic acids is 3. The molecule has 2 aromatic rings. The highest BCUT2D eigenvalue weighted by Gasteiger charge is 2.31. The minimum absolute atomic E-state index is 0.141. The molecule has 2 rings (SSSR count). The zero-order valence-corrected chi connectivity index (χ0v) is 21.7. The van der Waals surface area contributed by atoms with Crippen LogP contribution in [0.1, 0.15) is 54.3 Å². The van der Waals surface area contributed by atoms with Crippen LogP contribution in [0.4, 0.5) is 14.9 Å². The Labute approximate surface area is 233 Å². The smallest absolute Gasteiger partial charge is 0.342 e. The number of aliphatic hydroxyl groups is 1. The normalized spacial score (nSPS) is 12.9. The van der Waals surface area contributed by atoms with Crippen molar-refractivity contribution in [1.82, 2.24) is 15.7 Å². The molecule has 3 atom stereocenters. The molecule has 15 heteroatoms. The summed E-state index contributed by atoms with van der Waals surface area (Å²) in [6, 6.07) is 6.68. The molecule has 0 heterocycles. The fourth-order valence-corrected chi connectivity index (χ4v) is 3.60. The number of urea groups is 1. The Morgan fingerprint density at radius 1 is 0.854 bits per heavy atom. The molecule has 0 saturated carbocycles. The molecule has 0 aliphatic rings. The van der Waals surface area contributed by atoms with Gasteiger partial charge in [-0.3, -0.25) is 14.8 Å². The second-order valence-corrected chi connectivity index (χ2v) is 8.90. The average molecular weight is 579 g/mol. The van der Waals surface area contributed by atoms with Gasteiger partial charge in [-0.1, -0.05) is 12.1 Å². The molecule has 3 amide bonds. The number of amides is 3. The predicted molar refractivity (Wildman–Crippen MR) is 139 cm³/mol. The van der Waals surface area contributed by atoms with E-state index in [0.29, 0.717) is 16.8 Å². The molecule has 0 aromatic heterocycles. The quantitative estimate of drug-likeness (QED) is 0.0622. The van der Waals surface area contributed by atoms with Gasteiger partial charge in [0.05, 0.1) is 0 Å². The van der Waals surface area contributed by atoms with Gasteiger partial charge in [0.15, 0.2) is 12.3 Å². The number of carbonyl (C=O) groups excluding carboxylic acids is 2. The fourth-order valence-electron chi connectivity index (χ4n) is 3.60. The van der Waals surface area contributed by atoms with E-state index in [0.717, 1.165) is 0 Å². The summed E-state index contributed by atoms with van der Waals surface area (Å²) in [4.78, 5) is 58.0. The van der Waals surface area contributed by atoms with Crippen LogP contribution in [0.15, 0.2) is 48.5 Å². The molecular weight excluding hydrogens is 547 g/mol. The van der Waals surface area contributed by atoms with Gasteiger partial charge in [-0.05, 0) is 62.1 Å². The SMILES string of the molecule is O=C(O)CC[C@H](NC(=O)N(O)C(CCCCNC(=O)c1ccc(NC(O)c2ccc(F)cc2)cc1)C(=O)O)C(=O)O. The van der Waals surface area contributed by atoms with Gasteiger partial charge in [0.2, 0.25) is 0 Å². The van der Waals surface area contributed by atoms with Crippen molar-refractivity contribution < 1.29 is 54.0 Å². The lowest BCUT2D eigenvalue weighted by Gasteiger charge is -2.24. The first-order valence-electron chi connectivity index (χ1n) is 12.4. The summed E-state index contributed by atoms with van der Waals surface area (Å²) in [7, 11) is 0. The molecule has 222 valence electrons. The van der Waals surface area contributed by atoms with Gasteiger partial charge in [0.25, 0.3) is 5.91 Å². The van der Waals surface area contributed by atoms with Crippen molar-refractivity contribution in [3.63, 3.8) is 0 Å². The van der Waals surface area contributed by atoms with E-state index in [4.69, 9.17) is 10.2 Å². The van der Waals surface area contributed by atoms with E-state index in [2.05, 4.69) is 10.6 Å². The van der Waals surface area contributed by atoms with Crippen LogP contribution < -0.4 is 16.0 Å². The van der Waals surface area contributed by atoms with Crippen molar-refractivity contribution in [2.75, 3.05) is 11.9 Å². The number of halogens is 1. The number of hydrogen-bond acceptors (Lipinski definition) is 8. The Morgan fingerprint density at radius 3 is 2.05 bits per heavy atom. The van der Waals surface area contributed by atoms with Gasteiger partial charge in [0.1, 0.15) is 11.9 Å². The summed E-state index contributed by atoms with van der Waals surface area (Å²) in [5.74, 6) is -5.26. The molecular formula is C26H31FN4O10. The molecule has 0 saturated heterocycles. The van der Waals surface area contributed by atoms with Crippen molar-refractivity contribution in [2.24, 2.45) is 0 Å². The maximum atomic E-state index is 13.0. The van der Waals surface area contributed by atoms with Crippen molar-refractivity contribution in [1.29, 1.82) is 0 Å². The van der Waals surface area contributed by atoms with Crippen molar-refractivity contribution >= 4 is 35.5 Å². The van der Waals surface area contributed by atoms with Gasteiger partial charge < -0.3 is 36.4 Å². The van der Waals surface area contributed by atoms with Crippen LogP contribution in [0.25, 0.3) is 0 Å². The molecule has 0 radical (unpaired) electrons. The van der Waals surface area contributed by atoms with Crippen molar-refractivity contribution in [3.8, 4) is 0 Å². The third-order valence-electron chi connectivity index (χ3n) is 5.86. The lowest BCUT2D eigenvalue weighted by molar-refractivity contribution is -0.157. The van der Waals surface area contributed by atoms with Crippen LogP contribution in [0.5, 0.6) is 0 Å². The Bertz CT molecular complexity index is 1210. The lowest BCUT2D eigenvalue weighted by atomic mass is 10.1. The number of nitrogens with one attached hydrogen (secondary N) is 3. The minimum Gasteiger partial charge on any atom is -0.481 e. The molecule has 41 heavy (non-hydrogen) atoms. The Hall–Kier alpha value is -4.76. The maximum Gasteiger partial charge on any atom is 0.342 e. The predicted octanol–water partition coefficient (Wildman–Crippen LogP) is 2.00. The number of anilines is 1. The molecule has 0 aliphatic heterocycles. The zero-order chi connectivity index (χ0) is 30.5. The van der Waals surface area contributed by atoms with Crippen LogP contribution in [0.3, 0.4) is 0 Å². The lowest BCUT2D eigenvalue weighted by Crippen LogP contribution is -2.52. The van der Waals surface area contributed by atoms with E-state index in [-0.39, 0.29) is 30.9 Å². The third kappa shape index (κ3) is 10.7. The molecule has 8 N–H and O–H groups in total. The number of carboxylic acids is 3. The number of unbranched alkanes of at least 4 members (excludes halogenated alkanes) is 1. The van der Waals surface area contributed by atoms with E-state index < -0.39 is 66.8 Å². The highest BCUT2D eigenvalue weighted by Crippen LogP contribution is 2.18. The molecule has 0 fully saturated rings. The molecule has 0 bridgehead atoms. The largest absolute Gasteiger partial charge is 0.481 e. The van der Waals surface area contributed by atoms with E-state index in [1.807, 2.05) is 5.32 Å². The number of rotatable bonds is 16. The second kappa shape index (κ2) is 15.7. The monoisotopic (exact) mass is 578 g/mol. The number of nitrogens with zero attached hydrogens (tertiary/aromatic N) is 1. The fraction of sp³-hybridized carbons (Fsp3) is 0.346. The maximum absolute atomic E-state index is 13.0. The summed E-state index contributed by atoms with van der Waals surface area (Å²) in [6.45, 7) is 0.141. The number of hydroxylamine groups is 2. The summed E-state index contributed by atoms with van der Waals surface area (Å²) in [6.07, 6.45) is -1.92. The second-order valence-electron chi connectivity index (χ2n) is 8.90. The van der Waals surface area contributed by atoms with E-state index in [9.17, 15) is 43.8 Å². The number of benzene rings is 2. The molecule has 14 nitrogen and oxygen atoms in total. The average Bonchev–Trinajstić information content (AvgIpc) is 2.92. The minimum atomic E-state index is -1.72. The van der Waals surface area contributed by atoms with Crippen LogP contribution >= 0.6 is 0 Å². The Morgan fingerprint density at radius 2 is 1.49 bits per heavy atom. The number of hydrogen-bond donors (Lipinski definition) is 8. The van der Waals surface area contributed by atoms with Crippen molar-refractivity contribution in [2.45, 2.75) is 50.4 Å². The van der Waals surface area contributed by atoms with Crippen LogP contribution in [-0.2, 0) is 14.4 Å². The first-order chi connectivity index (χ1) is 19.4. The Kier molecular flexibility index (Phi) is 12.5. The summed E-state index contributed by atoms with van der Waals surface area (Å²) in [5, 5.41) is 54.6. The number of carboxylic acid groups (broad SMARTS) is 3. The van der Waals surface area contributed by atoms with Gasteiger partial charge in [0, 0.05) is 29.8 Å². The summed E-state index contributed by atoms with van der Waals surface area (Å²) >= 11 is 0. The van der Waals surface area contributed by atoms with Crippen LogP contribution in [0.2, 0.25) is 0 Å². The van der Waals surface area contributed by atoms with Crippen molar-refractivity contribution in [3.05, 3.63) is 65.5 Å². The number of aliphatic hydroxyl groups excluding tert-OH is 1. The topological polar surface area (TPSA) is 226 Å². The van der Waals surface area contributed by atoms with E-state index in [1.54, 1.807) is 12.1 Å². The van der Waals surface area contributed by atoms with Gasteiger partial charge in [-0.2, -0.15) is 5.06 Å². The first kappa shape index (κ1) is 32.5. The van der Waals surface area contributed by atoms with Gasteiger partial charge in [-0.15, -0.1) is 0 Å². The highest BCUT2D eigenvalue weighted by molar-refractivity contribution is 5.94. The van der Waals surface area contributed by atoms with Gasteiger partial charge in [-0.25, -0.2) is 18.8 Å². The van der Waals surface area contributed by atoms with E-state index in [1.165, 1.54) is 36.4 Å². The highest BCUT2D eigenvalue weighted by atomic mass is 19.1. The van der Waals surface area contributed by atoms with E-state index >= 15 is 0 Å². The molecule has 0 aliphatic carbocycles. The van der Waals surface area contributed by atoms with Gasteiger partial charge >= 0.3 is 23.9 Å². The summed E-state index contributed by atoms with van der Waals surface area (Å²) in [5.41, 5.74) is 1.26. The zero-order valence-electron chi connectivity index (χ0n) is 21.7. The van der Waals surface area contributed by atoms with Crippen LogP contribution in [-0.4, -0.2) is 79.2 Å². The standard InChI is InChI=1S/C26H31FN4O10/c27-17-8-4-16(5-9-17)23(35)29-18-10-6-15(7-11-18)22(34)28-14-2-1-3-20(25(38)39)31(41)26(40)30-19(24(36)37)12-13-21(32)33/h4-11,19-20,23,29,35,41H,1-3,12-14H2,(H,28,34)(H,30,40)(H,32,33)(H,36,37)(H,38,39)/t19-,20?,23?/m0/s1. The Balaban J connectivity index is 1.79. The number of carbonyl (C=O) groups is 5.